The number of rotatable bonds is 7. The van der Waals surface area contributed by atoms with Crippen molar-refractivity contribution in [2.75, 3.05) is 24.2 Å². The third-order valence-corrected chi connectivity index (χ3v) is 5.71. The van der Waals surface area contributed by atoms with Gasteiger partial charge in [0, 0.05) is 6.54 Å². The average Bonchev–Trinajstić information content (AvgIpc) is 2.53. The lowest BCUT2D eigenvalue weighted by Crippen LogP contribution is -2.21. The molecule has 1 N–H and O–H groups in total. The van der Waals surface area contributed by atoms with Gasteiger partial charge in [0.1, 0.15) is 0 Å². The SMILES string of the molecule is CCS(=O)(=O)c1ccccc1NCCOC1CCCCC1. The summed E-state index contributed by atoms with van der Waals surface area (Å²) >= 11 is 0. The number of para-hydroxylation sites is 1. The Morgan fingerprint density at radius 1 is 1.19 bits per heavy atom. The van der Waals surface area contributed by atoms with Gasteiger partial charge in [-0.1, -0.05) is 38.3 Å². The van der Waals surface area contributed by atoms with Crippen molar-refractivity contribution >= 4 is 15.5 Å². The number of benzene rings is 1. The predicted molar refractivity (Wildman–Crippen MR) is 85.5 cm³/mol. The van der Waals surface area contributed by atoms with E-state index in [4.69, 9.17) is 4.74 Å². The van der Waals surface area contributed by atoms with Gasteiger partial charge in [-0.3, -0.25) is 0 Å². The minimum Gasteiger partial charge on any atom is -0.382 e. The van der Waals surface area contributed by atoms with Crippen LogP contribution in [-0.2, 0) is 14.6 Å². The van der Waals surface area contributed by atoms with Crippen molar-refractivity contribution in [1.29, 1.82) is 0 Å². The molecule has 4 nitrogen and oxygen atoms in total. The summed E-state index contributed by atoms with van der Waals surface area (Å²) in [5.41, 5.74) is 0.673. The maximum Gasteiger partial charge on any atom is 0.180 e. The van der Waals surface area contributed by atoms with E-state index in [0.717, 1.165) is 12.8 Å². The molecule has 0 spiro atoms. The lowest BCUT2D eigenvalue weighted by Gasteiger charge is -2.22. The highest BCUT2D eigenvalue weighted by Gasteiger charge is 2.16. The normalized spacial score (nSPS) is 16.8. The zero-order valence-electron chi connectivity index (χ0n) is 12.7. The van der Waals surface area contributed by atoms with Crippen LogP contribution in [0.2, 0.25) is 0 Å². The zero-order chi connectivity index (χ0) is 15.1. The van der Waals surface area contributed by atoms with Gasteiger partial charge in [-0.2, -0.15) is 0 Å². The number of sulfone groups is 1. The molecule has 0 aromatic heterocycles. The van der Waals surface area contributed by atoms with Crippen LogP contribution in [0.3, 0.4) is 0 Å². The van der Waals surface area contributed by atoms with E-state index >= 15 is 0 Å². The third-order valence-electron chi connectivity index (χ3n) is 3.93. The molecule has 1 fully saturated rings. The Hall–Kier alpha value is -1.07. The first-order chi connectivity index (χ1) is 10.1. The fourth-order valence-corrected chi connectivity index (χ4v) is 3.75. The Balaban J connectivity index is 1.86. The molecule has 0 bridgehead atoms. The molecule has 1 aliphatic rings. The minimum absolute atomic E-state index is 0.115. The lowest BCUT2D eigenvalue weighted by atomic mass is 9.98. The molecule has 0 unspecified atom stereocenters. The highest BCUT2D eigenvalue weighted by atomic mass is 32.2. The molecule has 118 valence electrons. The van der Waals surface area contributed by atoms with E-state index in [9.17, 15) is 8.42 Å². The predicted octanol–water partition coefficient (Wildman–Crippen LogP) is 3.24. The van der Waals surface area contributed by atoms with Crippen molar-refractivity contribution in [3.05, 3.63) is 24.3 Å². The molecule has 0 aliphatic heterocycles. The Kier molecular flexibility index (Phi) is 6.06. The Bertz CT molecular complexity index is 536. The van der Waals surface area contributed by atoms with Gasteiger partial charge in [-0.05, 0) is 25.0 Å². The molecule has 1 aromatic carbocycles. The second-order valence-electron chi connectivity index (χ2n) is 5.46. The second kappa shape index (κ2) is 7.80. The first-order valence-corrected chi connectivity index (χ1v) is 9.46. The average molecular weight is 311 g/mol. The van der Waals surface area contributed by atoms with Gasteiger partial charge in [0.05, 0.1) is 29.0 Å². The Morgan fingerprint density at radius 3 is 2.62 bits per heavy atom. The molecular formula is C16H25NO3S. The molecule has 0 radical (unpaired) electrons. The van der Waals surface area contributed by atoms with Crippen LogP contribution >= 0.6 is 0 Å². The van der Waals surface area contributed by atoms with E-state index in [-0.39, 0.29) is 5.75 Å². The van der Waals surface area contributed by atoms with Crippen LogP contribution in [0.25, 0.3) is 0 Å². The van der Waals surface area contributed by atoms with Crippen molar-refractivity contribution in [2.24, 2.45) is 0 Å². The molecule has 1 saturated carbocycles. The largest absolute Gasteiger partial charge is 0.382 e. The van der Waals surface area contributed by atoms with Gasteiger partial charge < -0.3 is 10.1 Å². The first-order valence-electron chi connectivity index (χ1n) is 7.81. The van der Waals surface area contributed by atoms with E-state index in [2.05, 4.69) is 5.32 Å². The summed E-state index contributed by atoms with van der Waals surface area (Å²) in [5, 5.41) is 3.19. The van der Waals surface area contributed by atoms with Gasteiger partial charge in [0.15, 0.2) is 9.84 Å². The van der Waals surface area contributed by atoms with Crippen LogP contribution in [-0.4, -0.2) is 33.4 Å². The van der Waals surface area contributed by atoms with Crippen LogP contribution in [0.4, 0.5) is 5.69 Å². The molecule has 0 amide bonds. The number of anilines is 1. The highest BCUT2D eigenvalue weighted by Crippen LogP contribution is 2.22. The molecule has 1 aliphatic carbocycles. The van der Waals surface area contributed by atoms with Crippen molar-refractivity contribution in [2.45, 2.75) is 50.0 Å². The summed E-state index contributed by atoms with van der Waals surface area (Å²) in [7, 11) is -3.19. The van der Waals surface area contributed by atoms with Gasteiger partial charge in [-0.15, -0.1) is 0 Å². The summed E-state index contributed by atoms with van der Waals surface area (Å²) in [6, 6.07) is 7.07. The quantitative estimate of drug-likeness (QED) is 0.785. The summed E-state index contributed by atoms with van der Waals surface area (Å²) in [5.74, 6) is 0.115. The maximum atomic E-state index is 12.0. The topological polar surface area (TPSA) is 55.4 Å². The van der Waals surface area contributed by atoms with E-state index < -0.39 is 9.84 Å². The van der Waals surface area contributed by atoms with Crippen LogP contribution in [0.1, 0.15) is 39.0 Å². The Morgan fingerprint density at radius 2 is 1.90 bits per heavy atom. The van der Waals surface area contributed by atoms with Crippen molar-refractivity contribution in [3.63, 3.8) is 0 Å². The molecule has 0 heterocycles. The smallest absolute Gasteiger partial charge is 0.180 e. The van der Waals surface area contributed by atoms with Crippen molar-refractivity contribution < 1.29 is 13.2 Å². The summed E-state index contributed by atoms with van der Waals surface area (Å²) < 4.78 is 29.9. The molecule has 0 atom stereocenters. The highest BCUT2D eigenvalue weighted by molar-refractivity contribution is 7.91. The molecule has 1 aromatic rings. The number of hydrogen-bond donors (Lipinski definition) is 1. The van der Waals surface area contributed by atoms with Crippen LogP contribution in [0.15, 0.2) is 29.2 Å². The Labute approximate surface area is 127 Å². The van der Waals surface area contributed by atoms with Crippen LogP contribution in [0, 0.1) is 0 Å². The van der Waals surface area contributed by atoms with Crippen LogP contribution < -0.4 is 5.32 Å². The fourth-order valence-electron chi connectivity index (χ4n) is 2.68. The lowest BCUT2D eigenvalue weighted by molar-refractivity contribution is 0.0347. The van der Waals surface area contributed by atoms with Crippen molar-refractivity contribution in [3.8, 4) is 0 Å². The van der Waals surface area contributed by atoms with E-state index in [1.165, 1.54) is 19.3 Å². The molecule has 5 heteroatoms. The fraction of sp³-hybridized carbons (Fsp3) is 0.625. The summed E-state index contributed by atoms with van der Waals surface area (Å²) in [6.45, 7) is 2.91. The van der Waals surface area contributed by atoms with Gasteiger partial charge >= 0.3 is 0 Å². The summed E-state index contributed by atoms with van der Waals surface area (Å²) in [4.78, 5) is 0.380. The number of ether oxygens (including phenoxy) is 1. The minimum atomic E-state index is -3.19. The third kappa shape index (κ3) is 4.71. The molecule has 0 saturated heterocycles. The maximum absolute atomic E-state index is 12.0. The van der Waals surface area contributed by atoms with Gasteiger partial charge in [0.25, 0.3) is 0 Å². The summed E-state index contributed by atoms with van der Waals surface area (Å²) in [6.07, 6.45) is 6.53. The van der Waals surface area contributed by atoms with E-state index in [0.29, 0.717) is 29.8 Å². The molecule has 2 rings (SSSR count). The second-order valence-corrected chi connectivity index (χ2v) is 7.70. The standard InChI is InChI=1S/C16H25NO3S/c1-2-21(18,19)16-11-7-6-10-15(16)17-12-13-20-14-8-4-3-5-9-14/h6-7,10-11,14,17H,2-5,8-9,12-13H2,1H3. The number of nitrogens with one attached hydrogen (secondary N) is 1. The first kappa shape index (κ1) is 16.3. The van der Waals surface area contributed by atoms with E-state index in [1.54, 1.807) is 19.1 Å². The van der Waals surface area contributed by atoms with Gasteiger partial charge in [0.2, 0.25) is 0 Å². The van der Waals surface area contributed by atoms with Gasteiger partial charge in [-0.25, -0.2) is 8.42 Å². The zero-order valence-corrected chi connectivity index (χ0v) is 13.5. The number of hydrogen-bond acceptors (Lipinski definition) is 4. The molecule has 21 heavy (non-hydrogen) atoms. The monoisotopic (exact) mass is 311 g/mol. The van der Waals surface area contributed by atoms with Crippen LogP contribution in [0.5, 0.6) is 0 Å². The molecular weight excluding hydrogens is 286 g/mol. The van der Waals surface area contributed by atoms with Crippen molar-refractivity contribution in [1.82, 2.24) is 0 Å². The van der Waals surface area contributed by atoms with E-state index in [1.807, 2.05) is 12.1 Å².